The van der Waals surface area contributed by atoms with Crippen molar-refractivity contribution in [1.29, 1.82) is 0 Å². The number of alkyl halides is 3. The Morgan fingerprint density at radius 3 is 2.47 bits per heavy atom. The first-order valence-electron chi connectivity index (χ1n) is 14.1. The first-order valence-corrected chi connectivity index (χ1v) is 14.9. The fraction of sp³-hybridized carbons (Fsp3) is 0.387. The first-order chi connectivity index (χ1) is 20.6. The third-order valence-electron chi connectivity index (χ3n) is 7.59. The van der Waals surface area contributed by atoms with E-state index in [-0.39, 0.29) is 18.2 Å². The second kappa shape index (κ2) is 13.1. The highest BCUT2D eigenvalue weighted by Crippen LogP contribution is 2.38. The molecule has 2 heterocycles. The van der Waals surface area contributed by atoms with Gasteiger partial charge in [0, 0.05) is 30.9 Å². The van der Waals surface area contributed by atoms with Gasteiger partial charge in [0.15, 0.2) is 4.96 Å². The Kier molecular flexibility index (Phi) is 9.24. The molecule has 1 fully saturated rings. The molecule has 0 saturated heterocycles. The standard InChI is InChI=1S/C31H32F3N3O5S/c1-3-41-28(38)14-19-4-6-20(7-5-19)21-8-10-22(11-9-21)27-18-37-17-25(36-30(37)43-27)29(39)35-16-23-15-24(42-31(32,33)34)12-13-26(23)40-2/h8-13,15,17-20H,3-7,14,16H2,1-2H3,(H,35,39)/t19-,20-. The van der Waals surface area contributed by atoms with Crippen molar-refractivity contribution in [3.8, 4) is 21.9 Å². The summed E-state index contributed by atoms with van der Waals surface area (Å²) in [5, 5.41) is 2.68. The molecule has 0 aliphatic heterocycles. The minimum Gasteiger partial charge on any atom is -0.496 e. The van der Waals surface area contributed by atoms with E-state index < -0.39 is 18.0 Å². The zero-order chi connectivity index (χ0) is 30.6. The summed E-state index contributed by atoms with van der Waals surface area (Å²) in [5.74, 6) is 0.222. The number of hydrogen-bond donors (Lipinski definition) is 1. The van der Waals surface area contributed by atoms with Crippen LogP contribution in [0.3, 0.4) is 0 Å². The average Bonchev–Trinajstić information content (AvgIpc) is 3.56. The normalized spacial score (nSPS) is 17.0. The van der Waals surface area contributed by atoms with Crippen LogP contribution in [0.1, 0.15) is 66.6 Å². The van der Waals surface area contributed by atoms with Crippen molar-refractivity contribution in [2.75, 3.05) is 13.7 Å². The van der Waals surface area contributed by atoms with Crippen LogP contribution in [0.25, 0.3) is 15.4 Å². The molecular formula is C31H32F3N3O5S. The van der Waals surface area contributed by atoms with Gasteiger partial charge in [0.05, 0.1) is 18.6 Å². The van der Waals surface area contributed by atoms with Crippen LogP contribution in [0, 0.1) is 5.92 Å². The van der Waals surface area contributed by atoms with Gasteiger partial charge in [-0.05, 0) is 73.8 Å². The van der Waals surface area contributed by atoms with Crippen LogP contribution < -0.4 is 14.8 Å². The lowest BCUT2D eigenvalue weighted by Gasteiger charge is -2.28. The fourth-order valence-electron chi connectivity index (χ4n) is 5.47. The average molecular weight is 616 g/mol. The molecular weight excluding hydrogens is 583 g/mol. The molecule has 1 saturated carbocycles. The third kappa shape index (κ3) is 7.67. The molecule has 2 aromatic carbocycles. The summed E-state index contributed by atoms with van der Waals surface area (Å²) in [6.45, 7) is 2.18. The number of nitrogens with zero attached hydrogens (tertiary/aromatic N) is 2. The molecule has 0 radical (unpaired) electrons. The molecule has 2 aromatic heterocycles. The molecule has 0 bridgehead atoms. The summed E-state index contributed by atoms with van der Waals surface area (Å²) >= 11 is 1.45. The summed E-state index contributed by atoms with van der Waals surface area (Å²) in [6, 6.07) is 12.2. The summed E-state index contributed by atoms with van der Waals surface area (Å²) in [4.78, 5) is 30.7. The fourth-order valence-corrected chi connectivity index (χ4v) is 6.44. The van der Waals surface area contributed by atoms with Crippen LogP contribution in [-0.2, 0) is 16.1 Å². The number of thiazole rings is 1. The summed E-state index contributed by atoms with van der Waals surface area (Å²) in [7, 11) is 1.39. The lowest BCUT2D eigenvalue weighted by atomic mass is 9.77. The number of rotatable bonds is 10. The maximum atomic E-state index is 12.8. The lowest BCUT2D eigenvalue weighted by Crippen LogP contribution is -2.23. The molecule has 43 heavy (non-hydrogen) atoms. The topological polar surface area (TPSA) is 91.2 Å². The van der Waals surface area contributed by atoms with Crippen molar-refractivity contribution in [3.05, 3.63) is 71.7 Å². The number of imidazole rings is 1. The van der Waals surface area contributed by atoms with Crippen LogP contribution >= 0.6 is 11.3 Å². The van der Waals surface area contributed by atoms with E-state index in [0.29, 0.717) is 41.1 Å². The number of esters is 1. The number of nitrogens with one attached hydrogen (secondary N) is 1. The quantitative estimate of drug-likeness (QED) is 0.191. The highest BCUT2D eigenvalue weighted by molar-refractivity contribution is 7.20. The van der Waals surface area contributed by atoms with Crippen LogP contribution in [0.15, 0.2) is 54.9 Å². The molecule has 228 valence electrons. The summed E-state index contributed by atoms with van der Waals surface area (Å²) in [6.07, 6.45) is 3.37. The number of carbonyl (C=O) groups is 2. The summed E-state index contributed by atoms with van der Waals surface area (Å²) in [5.41, 5.74) is 2.86. The molecule has 0 atom stereocenters. The smallest absolute Gasteiger partial charge is 0.496 e. The molecule has 5 rings (SSSR count). The van der Waals surface area contributed by atoms with Crippen molar-refractivity contribution in [3.63, 3.8) is 0 Å². The molecule has 1 aliphatic carbocycles. The minimum atomic E-state index is -4.83. The minimum absolute atomic E-state index is 0.0765. The Morgan fingerprint density at radius 1 is 1.07 bits per heavy atom. The predicted octanol–water partition coefficient (Wildman–Crippen LogP) is 7.13. The molecule has 1 amide bonds. The van der Waals surface area contributed by atoms with Gasteiger partial charge < -0.3 is 19.5 Å². The van der Waals surface area contributed by atoms with Gasteiger partial charge in [0.2, 0.25) is 0 Å². The van der Waals surface area contributed by atoms with Crippen LogP contribution in [0.4, 0.5) is 13.2 Å². The maximum Gasteiger partial charge on any atom is 0.573 e. The number of halogens is 3. The van der Waals surface area contributed by atoms with E-state index in [4.69, 9.17) is 9.47 Å². The molecule has 1 N–H and O–H groups in total. The van der Waals surface area contributed by atoms with Crippen molar-refractivity contribution >= 4 is 28.2 Å². The Morgan fingerprint density at radius 2 is 1.81 bits per heavy atom. The largest absolute Gasteiger partial charge is 0.573 e. The van der Waals surface area contributed by atoms with Gasteiger partial charge in [0.1, 0.15) is 17.2 Å². The molecule has 1 aliphatic rings. The molecule has 0 spiro atoms. The zero-order valence-corrected chi connectivity index (χ0v) is 24.6. The van der Waals surface area contributed by atoms with Gasteiger partial charge in [0.25, 0.3) is 5.91 Å². The second-order valence-electron chi connectivity index (χ2n) is 10.5. The van der Waals surface area contributed by atoms with Crippen molar-refractivity contribution in [2.24, 2.45) is 5.92 Å². The predicted molar refractivity (Wildman–Crippen MR) is 155 cm³/mol. The second-order valence-corrected chi connectivity index (χ2v) is 11.5. The Hall–Kier alpha value is -4.06. The number of fused-ring (bicyclic) bond motifs is 1. The van der Waals surface area contributed by atoms with Gasteiger partial charge in [-0.2, -0.15) is 0 Å². The van der Waals surface area contributed by atoms with Gasteiger partial charge >= 0.3 is 12.3 Å². The van der Waals surface area contributed by atoms with E-state index in [9.17, 15) is 22.8 Å². The molecule has 4 aromatic rings. The van der Waals surface area contributed by atoms with Crippen molar-refractivity contribution in [1.82, 2.24) is 14.7 Å². The van der Waals surface area contributed by atoms with E-state index in [2.05, 4.69) is 39.3 Å². The van der Waals surface area contributed by atoms with E-state index in [1.807, 2.05) is 13.1 Å². The molecule has 8 nitrogen and oxygen atoms in total. The number of benzene rings is 2. The number of carbonyl (C=O) groups excluding carboxylic acids is 2. The Labute approximate surface area is 250 Å². The van der Waals surface area contributed by atoms with Crippen LogP contribution in [0.2, 0.25) is 0 Å². The van der Waals surface area contributed by atoms with Crippen molar-refractivity contribution in [2.45, 2.75) is 57.9 Å². The summed E-state index contributed by atoms with van der Waals surface area (Å²) < 4.78 is 53.9. The Balaban J connectivity index is 1.18. The van der Waals surface area contributed by atoms with Gasteiger partial charge in [-0.1, -0.05) is 35.6 Å². The number of hydrogen-bond acceptors (Lipinski definition) is 7. The number of ether oxygens (including phenoxy) is 3. The molecule has 0 unspecified atom stereocenters. The lowest BCUT2D eigenvalue weighted by molar-refractivity contribution is -0.274. The van der Waals surface area contributed by atoms with E-state index in [0.717, 1.165) is 42.2 Å². The highest BCUT2D eigenvalue weighted by Gasteiger charge is 2.31. The number of amides is 1. The zero-order valence-electron chi connectivity index (χ0n) is 23.8. The SMILES string of the molecule is CCOC(=O)C[C@H]1CC[C@H](c2ccc(-c3cn4cc(C(=O)NCc5cc(OC(F)(F)F)ccc5OC)nc4s3)cc2)CC1. The van der Waals surface area contributed by atoms with E-state index >= 15 is 0 Å². The molecule has 12 heteroatoms. The van der Waals surface area contributed by atoms with Gasteiger partial charge in [-0.25, -0.2) is 4.98 Å². The highest BCUT2D eigenvalue weighted by atomic mass is 32.1. The third-order valence-corrected chi connectivity index (χ3v) is 8.63. The van der Waals surface area contributed by atoms with E-state index in [1.54, 1.807) is 10.6 Å². The first kappa shape index (κ1) is 30.4. The number of methoxy groups -OCH3 is 1. The van der Waals surface area contributed by atoms with Crippen molar-refractivity contribution < 1.29 is 37.0 Å². The van der Waals surface area contributed by atoms with Crippen LogP contribution in [0.5, 0.6) is 11.5 Å². The number of aromatic nitrogens is 2. The Bertz CT molecular complexity index is 1540. The van der Waals surface area contributed by atoms with E-state index in [1.165, 1.54) is 36.1 Å². The van der Waals surface area contributed by atoms with Crippen LogP contribution in [-0.4, -0.2) is 41.3 Å². The maximum absolute atomic E-state index is 12.8. The van der Waals surface area contributed by atoms with Gasteiger partial charge in [-0.3, -0.25) is 14.0 Å². The monoisotopic (exact) mass is 615 g/mol. The van der Waals surface area contributed by atoms with Gasteiger partial charge in [-0.15, -0.1) is 13.2 Å².